The molecule has 0 aromatic carbocycles. The Kier molecular flexibility index (Phi) is 6.07. The largest absolute Gasteiger partial charge is 0.458 e. The lowest BCUT2D eigenvalue weighted by Gasteiger charge is -2.31. The number of hydrogen-bond donors (Lipinski definition) is 1. The van der Waals surface area contributed by atoms with Crippen LogP contribution in [0.2, 0.25) is 0 Å². The van der Waals surface area contributed by atoms with Crippen molar-refractivity contribution in [2.45, 2.75) is 84.7 Å². The molecule has 134 valence electrons. The van der Waals surface area contributed by atoms with E-state index in [1.54, 1.807) is 41.5 Å². The van der Waals surface area contributed by atoms with Gasteiger partial charge in [0.15, 0.2) is 0 Å². The van der Waals surface area contributed by atoms with E-state index in [1.807, 2.05) is 6.92 Å². The van der Waals surface area contributed by atoms with E-state index in [0.29, 0.717) is 6.42 Å². The summed E-state index contributed by atoms with van der Waals surface area (Å²) in [4.78, 5) is 26.3. The summed E-state index contributed by atoms with van der Waals surface area (Å²) in [6, 6.07) is -0.806. The molecule has 0 bridgehead atoms. The SMILES string of the molecule is CCC[C@@H]1C(O)CN(C(=O)OC(C)(C)C)[C@@H]1C(=O)OC(C)(C)C. The number of aliphatic hydroxyl groups is 1. The Labute approximate surface area is 139 Å². The zero-order valence-corrected chi connectivity index (χ0v) is 15.4. The Bertz CT molecular complexity index is 435. The summed E-state index contributed by atoms with van der Waals surface area (Å²) in [7, 11) is 0. The van der Waals surface area contributed by atoms with E-state index in [2.05, 4.69) is 0 Å². The van der Waals surface area contributed by atoms with Crippen LogP contribution >= 0.6 is 0 Å². The molecule has 1 N–H and O–H groups in total. The fourth-order valence-electron chi connectivity index (χ4n) is 2.75. The van der Waals surface area contributed by atoms with Crippen LogP contribution in [0.15, 0.2) is 0 Å². The highest BCUT2D eigenvalue weighted by Crippen LogP contribution is 2.32. The molecule has 1 aliphatic heterocycles. The van der Waals surface area contributed by atoms with Crippen molar-refractivity contribution < 1.29 is 24.2 Å². The second-order valence-corrected chi connectivity index (χ2v) is 8.13. The van der Waals surface area contributed by atoms with Gasteiger partial charge in [-0.3, -0.25) is 4.90 Å². The molecule has 1 unspecified atom stereocenters. The highest BCUT2D eigenvalue weighted by molar-refractivity contribution is 5.83. The summed E-state index contributed by atoms with van der Waals surface area (Å²) < 4.78 is 10.8. The minimum Gasteiger partial charge on any atom is -0.458 e. The van der Waals surface area contributed by atoms with Gasteiger partial charge < -0.3 is 14.6 Å². The van der Waals surface area contributed by atoms with Crippen molar-refractivity contribution >= 4 is 12.1 Å². The van der Waals surface area contributed by atoms with Gasteiger partial charge in [-0.25, -0.2) is 9.59 Å². The number of nitrogens with zero attached hydrogens (tertiary/aromatic N) is 1. The van der Waals surface area contributed by atoms with Crippen molar-refractivity contribution in [2.75, 3.05) is 6.54 Å². The second kappa shape index (κ2) is 7.07. The predicted octanol–water partition coefficient (Wildman–Crippen LogP) is 2.72. The lowest BCUT2D eigenvalue weighted by Crippen LogP contribution is -2.47. The number of carbonyl (C=O) groups is 2. The summed E-state index contributed by atoms with van der Waals surface area (Å²) >= 11 is 0. The van der Waals surface area contributed by atoms with Crippen LogP contribution in [-0.2, 0) is 14.3 Å². The van der Waals surface area contributed by atoms with Crippen LogP contribution in [0.5, 0.6) is 0 Å². The summed E-state index contributed by atoms with van der Waals surface area (Å²) in [5.41, 5.74) is -1.32. The minimum absolute atomic E-state index is 0.0868. The van der Waals surface area contributed by atoms with E-state index in [0.717, 1.165) is 6.42 Å². The summed E-state index contributed by atoms with van der Waals surface area (Å²) in [6.07, 6.45) is 0.110. The molecule has 0 aromatic rings. The van der Waals surface area contributed by atoms with Crippen LogP contribution in [0.1, 0.15) is 61.3 Å². The van der Waals surface area contributed by atoms with Crippen molar-refractivity contribution in [1.82, 2.24) is 4.90 Å². The van der Waals surface area contributed by atoms with Gasteiger partial charge in [-0.2, -0.15) is 0 Å². The standard InChI is InChI=1S/C17H31NO5/c1-8-9-11-12(19)10-18(15(21)23-17(5,6)7)13(11)14(20)22-16(2,3)4/h11-13,19H,8-10H2,1-7H3/t11-,12?,13+/m1/s1. The number of carbonyl (C=O) groups excluding carboxylic acids is 2. The van der Waals surface area contributed by atoms with Crippen LogP contribution in [-0.4, -0.2) is 52.0 Å². The van der Waals surface area contributed by atoms with Gasteiger partial charge in [0.25, 0.3) is 0 Å². The third-order valence-electron chi connectivity index (χ3n) is 3.52. The Morgan fingerprint density at radius 3 is 2.04 bits per heavy atom. The molecule has 1 amide bonds. The van der Waals surface area contributed by atoms with Crippen LogP contribution in [0.4, 0.5) is 4.79 Å². The number of rotatable bonds is 3. The first-order valence-corrected chi connectivity index (χ1v) is 8.26. The van der Waals surface area contributed by atoms with Gasteiger partial charge >= 0.3 is 12.1 Å². The first-order chi connectivity index (χ1) is 10.4. The molecule has 1 aliphatic rings. The fourth-order valence-corrected chi connectivity index (χ4v) is 2.75. The maximum atomic E-state index is 12.6. The summed E-state index contributed by atoms with van der Waals surface area (Å²) in [5, 5.41) is 10.3. The van der Waals surface area contributed by atoms with E-state index in [-0.39, 0.29) is 12.5 Å². The zero-order valence-electron chi connectivity index (χ0n) is 15.4. The average Bonchev–Trinajstić information content (AvgIpc) is 2.63. The van der Waals surface area contributed by atoms with E-state index < -0.39 is 35.4 Å². The molecule has 0 aromatic heterocycles. The number of β-amino-alcohol motifs (C(OH)–C–C–N with tert-alkyl or cyclic N) is 1. The predicted molar refractivity (Wildman–Crippen MR) is 87.0 cm³/mol. The highest BCUT2D eigenvalue weighted by Gasteiger charge is 2.49. The monoisotopic (exact) mass is 329 g/mol. The van der Waals surface area contributed by atoms with Gasteiger partial charge in [0.1, 0.15) is 17.2 Å². The maximum Gasteiger partial charge on any atom is 0.411 e. The molecular weight excluding hydrogens is 298 g/mol. The van der Waals surface area contributed by atoms with Gasteiger partial charge in [-0.1, -0.05) is 13.3 Å². The van der Waals surface area contributed by atoms with Crippen molar-refractivity contribution in [3.05, 3.63) is 0 Å². The smallest absolute Gasteiger partial charge is 0.411 e. The van der Waals surface area contributed by atoms with Crippen LogP contribution in [0.3, 0.4) is 0 Å². The summed E-state index contributed by atoms with van der Waals surface area (Å²) in [6.45, 7) is 12.7. The molecule has 6 nitrogen and oxygen atoms in total. The maximum absolute atomic E-state index is 12.6. The summed E-state index contributed by atoms with van der Waals surface area (Å²) in [5.74, 6) is -0.819. The Balaban J connectivity index is 3.02. The Hall–Kier alpha value is -1.30. The van der Waals surface area contributed by atoms with Crippen molar-refractivity contribution in [3.8, 4) is 0 Å². The Morgan fingerprint density at radius 1 is 1.09 bits per heavy atom. The molecule has 23 heavy (non-hydrogen) atoms. The fraction of sp³-hybridized carbons (Fsp3) is 0.882. The van der Waals surface area contributed by atoms with Crippen LogP contribution in [0, 0.1) is 5.92 Å². The molecule has 1 heterocycles. The molecule has 0 saturated carbocycles. The first-order valence-electron chi connectivity index (χ1n) is 8.26. The lowest BCUT2D eigenvalue weighted by atomic mass is 9.93. The molecule has 1 rings (SSSR count). The molecule has 6 heteroatoms. The van der Waals surface area contributed by atoms with Crippen LogP contribution < -0.4 is 0 Å². The molecule has 3 atom stereocenters. The third-order valence-corrected chi connectivity index (χ3v) is 3.52. The van der Waals surface area contributed by atoms with Gasteiger partial charge in [-0.05, 0) is 48.0 Å². The lowest BCUT2D eigenvalue weighted by molar-refractivity contribution is -0.162. The number of hydrogen-bond acceptors (Lipinski definition) is 5. The number of esters is 1. The van der Waals surface area contributed by atoms with Gasteiger partial charge in [-0.15, -0.1) is 0 Å². The second-order valence-electron chi connectivity index (χ2n) is 8.13. The topological polar surface area (TPSA) is 76.1 Å². The zero-order chi connectivity index (χ0) is 18.0. The first kappa shape index (κ1) is 19.7. The molecule has 1 fully saturated rings. The van der Waals surface area contributed by atoms with Crippen molar-refractivity contribution in [1.29, 1.82) is 0 Å². The normalized spacial score (nSPS) is 25.4. The number of likely N-dealkylation sites (tertiary alicyclic amines) is 1. The molecule has 1 saturated heterocycles. The number of amides is 1. The van der Waals surface area contributed by atoms with Gasteiger partial charge in [0.2, 0.25) is 0 Å². The van der Waals surface area contributed by atoms with Crippen molar-refractivity contribution in [2.24, 2.45) is 5.92 Å². The molecule has 0 radical (unpaired) electrons. The van der Waals surface area contributed by atoms with E-state index in [4.69, 9.17) is 9.47 Å². The number of ether oxygens (including phenoxy) is 2. The van der Waals surface area contributed by atoms with E-state index in [1.165, 1.54) is 4.90 Å². The van der Waals surface area contributed by atoms with Gasteiger partial charge in [0, 0.05) is 5.92 Å². The quantitative estimate of drug-likeness (QED) is 0.806. The average molecular weight is 329 g/mol. The molecular formula is C17H31NO5. The van der Waals surface area contributed by atoms with Gasteiger partial charge in [0.05, 0.1) is 12.6 Å². The molecule has 0 aliphatic carbocycles. The molecule has 0 spiro atoms. The number of aliphatic hydroxyl groups excluding tert-OH is 1. The van der Waals surface area contributed by atoms with Crippen LogP contribution in [0.25, 0.3) is 0 Å². The third kappa shape index (κ3) is 5.68. The Morgan fingerprint density at radius 2 is 1.61 bits per heavy atom. The minimum atomic E-state index is -0.806. The van der Waals surface area contributed by atoms with Crippen molar-refractivity contribution in [3.63, 3.8) is 0 Å². The van der Waals surface area contributed by atoms with E-state index in [9.17, 15) is 14.7 Å². The highest BCUT2D eigenvalue weighted by atomic mass is 16.6. The van der Waals surface area contributed by atoms with E-state index >= 15 is 0 Å².